The van der Waals surface area contributed by atoms with Crippen molar-refractivity contribution in [2.75, 3.05) is 31.7 Å². The van der Waals surface area contributed by atoms with Crippen molar-refractivity contribution in [3.05, 3.63) is 30.3 Å². The molecule has 0 aromatic heterocycles. The first-order valence-electron chi connectivity index (χ1n) is 7.09. The molecule has 0 saturated heterocycles. The fourth-order valence-corrected chi connectivity index (χ4v) is 1.97. The zero-order valence-corrected chi connectivity index (χ0v) is 13.2. The Balaban J connectivity index is 2.85. The predicted octanol–water partition coefficient (Wildman–Crippen LogP) is 1.83. The summed E-state index contributed by atoms with van der Waals surface area (Å²) in [6.45, 7) is 6.50. The summed E-state index contributed by atoms with van der Waals surface area (Å²) in [5.41, 5.74) is -0.331. The monoisotopic (exact) mass is 292 g/mol. The average molecular weight is 292 g/mol. The van der Waals surface area contributed by atoms with Crippen LogP contribution in [0.4, 0.5) is 5.69 Å². The van der Waals surface area contributed by atoms with Crippen LogP contribution in [0.3, 0.4) is 0 Å². The van der Waals surface area contributed by atoms with E-state index in [4.69, 9.17) is 4.74 Å². The quantitative estimate of drug-likeness (QED) is 0.616. The van der Waals surface area contributed by atoms with E-state index in [1.54, 1.807) is 25.9 Å². The van der Waals surface area contributed by atoms with Gasteiger partial charge in [0.2, 0.25) is 11.8 Å². The number of nitrogens with one attached hydrogen (secondary N) is 1. The summed E-state index contributed by atoms with van der Waals surface area (Å²) in [4.78, 5) is 26.5. The van der Waals surface area contributed by atoms with Crippen LogP contribution in [0, 0.1) is 5.41 Å². The largest absolute Gasteiger partial charge is 0.383 e. The lowest BCUT2D eigenvalue weighted by molar-refractivity contribution is -0.139. The van der Waals surface area contributed by atoms with E-state index in [9.17, 15) is 9.59 Å². The first kappa shape index (κ1) is 17.2. The molecular weight excluding hydrogens is 268 g/mol. The number of carbonyl (C=O) groups is 2. The van der Waals surface area contributed by atoms with E-state index in [2.05, 4.69) is 5.32 Å². The Kier molecular flexibility index (Phi) is 6.37. The van der Waals surface area contributed by atoms with Gasteiger partial charge >= 0.3 is 0 Å². The second-order valence-electron chi connectivity index (χ2n) is 5.26. The average Bonchev–Trinajstić information content (AvgIpc) is 2.49. The van der Waals surface area contributed by atoms with Crippen LogP contribution in [0.1, 0.15) is 20.8 Å². The third-order valence-corrected chi connectivity index (χ3v) is 3.32. The van der Waals surface area contributed by atoms with Crippen LogP contribution in [-0.2, 0) is 14.3 Å². The van der Waals surface area contributed by atoms with E-state index >= 15 is 0 Å². The SMILES string of the molecule is CCN(C(=O)C(C)(C)C(=O)NCCOC)c1ccccc1. The molecule has 0 spiro atoms. The van der Waals surface area contributed by atoms with Crippen LogP contribution in [0.15, 0.2) is 30.3 Å². The van der Waals surface area contributed by atoms with Crippen molar-refractivity contribution in [1.29, 1.82) is 0 Å². The van der Waals surface area contributed by atoms with E-state index in [0.717, 1.165) is 5.69 Å². The van der Waals surface area contributed by atoms with Gasteiger partial charge in [-0.25, -0.2) is 0 Å². The lowest BCUT2D eigenvalue weighted by atomic mass is 9.90. The molecule has 1 rings (SSSR count). The molecule has 1 N–H and O–H groups in total. The maximum atomic E-state index is 12.7. The normalized spacial score (nSPS) is 11.0. The van der Waals surface area contributed by atoms with Crippen LogP contribution >= 0.6 is 0 Å². The number of rotatable bonds is 7. The Morgan fingerprint density at radius 3 is 2.38 bits per heavy atom. The number of amides is 2. The highest BCUT2D eigenvalue weighted by Crippen LogP contribution is 2.24. The molecule has 0 unspecified atom stereocenters. The van der Waals surface area contributed by atoms with Gasteiger partial charge in [-0.3, -0.25) is 9.59 Å². The molecule has 1 aromatic rings. The fraction of sp³-hybridized carbons (Fsp3) is 0.500. The molecule has 0 heterocycles. The van der Waals surface area contributed by atoms with Gasteiger partial charge in [-0.05, 0) is 32.9 Å². The number of benzene rings is 1. The van der Waals surface area contributed by atoms with E-state index < -0.39 is 5.41 Å². The number of ether oxygens (including phenoxy) is 1. The van der Waals surface area contributed by atoms with Crippen molar-refractivity contribution >= 4 is 17.5 Å². The number of hydrogen-bond acceptors (Lipinski definition) is 3. The maximum absolute atomic E-state index is 12.7. The Morgan fingerprint density at radius 1 is 1.24 bits per heavy atom. The summed E-state index contributed by atoms with van der Waals surface area (Å²) < 4.78 is 4.89. The van der Waals surface area contributed by atoms with Gasteiger partial charge in [0.1, 0.15) is 5.41 Å². The zero-order valence-electron chi connectivity index (χ0n) is 13.2. The highest BCUT2D eigenvalue weighted by Gasteiger charge is 2.39. The van der Waals surface area contributed by atoms with Gasteiger partial charge in [-0.1, -0.05) is 18.2 Å². The minimum Gasteiger partial charge on any atom is -0.383 e. The van der Waals surface area contributed by atoms with Crippen molar-refractivity contribution in [2.45, 2.75) is 20.8 Å². The minimum absolute atomic E-state index is 0.217. The predicted molar refractivity (Wildman–Crippen MR) is 83.1 cm³/mol. The number of carbonyl (C=O) groups excluding carboxylic acids is 2. The van der Waals surface area contributed by atoms with Crippen LogP contribution in [0.5, 0.6) is 0 Å². The Labute approximate surface area is 126 Å². The summed E-state index contributed by atoms with van der Waals surface area (Å²) >= 11 is 0. The van der Waals surface area contributed by atoms with Crippen LogP contribution < -0.4 is 10.2 Å². The molecule has 0 saturated carbocycles. The molecule has 0 radical (unpaired) electrons. The molecule has 21 heavy (non-hydrogen) atoms. The standard InChI is InChI=1S/C16H24N2O3/c1-5-18(13-9-7-6-8-10-13)15(20)16(2,3)14(19)17-11-12-21-4/h6-10H,5,11-12H2,1-4H3,(H,17,19). The van der Waals surface area contributed by atoms with Gasteiger partial charge in [0, 0.05) is 25.9 Å². The molecule has 116 valence electrons. The summed E-state index contributed by atoms with van der Waals surface area (Å²) in [6, 6.07) is 9.36. The minimum atomic E-state index is -1.13. The van der Waals surface area contributed by atoms with Gasteiger partial charge in [-0.15, -0.1) is 0 Å². The van der Waals surface area contributed by atoms with Crippen molar-refractivity contribution in [3.8, 4) is 0 Å². The molecule has 0 aliphatic rings. The molecule has 5 nitrogen and oxygen atoms in total. The number of hydrogen-bond donors (Lipinski definition) is 1. The number of methoxy groups -OCH3 is 1. The van der Waals surface area contributed by atoms with Crippen molar-refractivity contribution < 1.29 is 14.3 Å². The molecule has 0 bridgehead atoms. The highest BCUT2D eigenvalue weighted by molar-refractivity contribution is 6.10. The van der Waals surface area contributed by atoms with Crippen LogP contribution in [0.25, 0.3) is 0 Å². The lowest BCUT2D eigenvalue weighted by Crippen LogP contribution is -2.50. The van der Waals surface area contributed by atoms with E-state index in [0.29, 0.717) is 19.7 Å². The summed E-state index contributed by atoms with van der Waals surface area (Å²) in [7, 11) is 1.57. The first-order valence-corrected chi connectivity index (χ1v) is 7.09. The van der Waals surface area contributed by atoms with Crippen molar-refractivity contribution in [3.63, 3.8) is 0 Å². The third-order valence-electron chi connectivity index (χ3n) is 3.32. The molecule has 0 atom stereocenters. The first-order chi connectivity index (χ1) is 9.95. The van der Waals surface area contributed by atoms with Gasteiger partial charge in [0.05, 0.1) is 6.61 Å². The Hall–Kier alpha value is -1.88. The highest BCUT2D eigenvalue weighted by atomic mass is 16.5. The Bertz CT molecular complexity index is 472. The molecule has 5 heteroatoms. The van der Waals surface area contributed by atoms with Crippen LogP contribution in [-0.4, -0.2) is 38.6 Å². The second kappa shape index (κ2) is 7.78. The molecule has 1 aromatic carbocycles. The van der Waals surface area contributed by atoms with Gasteiger partial charge in [-0.2, -0.15) is 0 Å². The third kappa shape index (κ3) is 4.29. The summed E-state index contributed by atoms with van der Waals surface area (Å²) in [6.07, 6.45) is 0. The fourth-order valence-electron chi connectivity index (χ4n) is 1.97. The Morgan fingerprint density at radius 2 is 1.86 bits per heavy atom. The van der Waals surface area contributed by atoms with Crippen molar-refractivity contribution in [1.82, 2.24) is 5.32 Å². The second-order valence-corrected chi connectivity index (χ2v) is 5.26. The lowest BCUT2D eigenvalue weighted by Gasteiger charge is -2.30. The number of nitrogens with zero attached hydrogens (tertiary/aromatic N) is 1. The number of anilines is 1. The molecule has 0 aliphatic carbocycles. The molecule has 2 amide bonds. The smallest absolute Gasteiger partial charge is 0.242 e. The molecule has 0 aliphatic heterocycles. The summed E-state index contributed by atoms with van der Waals surface area (Å²) in [5.74, 6) is -0.509. The van der Waals surface area contributed by atoms with Crippen molar-refractivity contribution in [2.24, 2.45) is 5.41 Å². The van der Waals surface area contributed by atoms with E-state index in [-0.39, 0.29) is 11.8 Å². The van der Waals surface area contributed by atoms with E-state index in [1.807, 2.05) is 37.3 Å². The van der Waals surface area contributed by atoms with Gasteiger partial charge < -0.3 is 15.0 Å². The molecule has 0 fully saturated rings. The zero-order chi connectivity index (χ0) is 15.9. The topological polar surface area (TPSA) is 58.6 Å². The van der Waals surface area contributed by atoms with Crippen LogP contribution in [0.2, 0.25) is 0 Å². The molecular formula is C16H24N2O3. The maximum Gasteiger partial charge on any atom is 0.242 e. The van der Waals surface area contributed by atoms with E-state index in [1.165, 1.54) is 0 Å². The van der Waals surface area contributed by atoms with Gasteiger partial charge in [0.15, 0.2) is 0 Å². The van der Waals surface area contributed by atoms with Gasteiger partial charge in [0.25, 0.3) is 0 Å². The summed E-state index contributed by atoms with van der Waals surface area (Å²) in [5, 5.41) is 2.72. The number of para-hydroxylation sites is 1.